The van der Waals surface area contributed by atoms with Gasteiger partial charge in [-0.3, -0.25) is 14.5 Å². The molecule has 32 heavy (non-hydrogen) atoms. The molecule has 4 rings (SSSR count). The van der Waals surface area contributed by atoms with E-state index in [-0.39, 0.29) is 17.4 Å². The molecule has 1 atom stereocenters. The van der Waals surface area contributed by atoms with E-state index in [0.29, 0.717) is 6.54 Å². The molecule has 2 amide bonds. The van der Waals surface area contributed by atoms with Crippen LogP contribution in [0.3, 0.4) is 0 Å². The summed E-state index contributed by atoms with van der Waals surface area (Å²) < 4.78 is 27.9. The van der Waals surface area contributed by atoms with Crippen LogP contribution in [0.5, 0.6) is 0 Å². The summed E-state index contributed by atoms with van der Waals surface area (Å²) in [7, 11) is 0. The molecule has 8 heteroatoms. The Kier molecular flexibility index (Phi) is 6.51. The van der Waals surface area contributed by atoms with Crippen molar-refractivity contribution in [2.75, 3.05) is 18.4 Å². The first-order valence-corrected chi connectivity index (χ1v) is 10.3. The molecule has 0 spiro atoms. The van der Waals surface area contributed by atoms with E-state index in [1.165, 1.54) is 30.0 Å². The summed E-state index contributed by atoms with van der Waals surface area (Å²) in [5.74, 6) is -3.41. The summed E-state index contributed by atoms with van der Waals surface area (Å²) in [4.78, 5) is 31.6. The van der Waals surface area contributed by atoms with Gasteiger partial charge in [0.25, 0.3) is 11.8 Å². The molecule has 1 fully saturated rings. The van der Waals surface area contributed by atoms with Crippen LogP contribution in [0, 0.1) is 11.6 Å². The van der Waals surface area contributed by atoms with Gasteiger partial charge < -0.3 is 10.6 Å². The highest BCUT2D eigenvalue weighted by Gasteiger charge is 2.26. The predicted molar refractivity (Wildman–Crippen MR) is 116 cm³/mol. The number of carbonyl (C=O) groups excluding carboxylic acids is 2. The lowest BCUT2D eigenvalue weighted by Crippen LogP contribution is -2.37. The number of halogens is 2. The Labute approximate surface area is 184 Å². The van der Waals surface area contributed by atoms with Gasteiger partial charge in [-0.25, -0.2) is 13.8 Å². The average molecular weight is 436 g/mol. The zero-order valence-electron chi connectivity index (χ0n) is 17.2. The molecule has 2 heterocycles. The molecule has 6 nitrogen and oxygen atoms in total. The number of carbonyl (C=O) groups is 2. The first-order valence-electron chi connectivity index (χ1n) is 10.3. The molecule has 0 saturated carbocycles. The Balaban J connectivity index is 1.41. The minimum Gasteiger partial charge on any atom is -0.347 e. The first-order chi connectivity index (χ1) is 15.5. The van der Waals surface area contributed by atoms with Crippen LogP contribution in [-0.2, 0) is 6.54 Å². The number of benzene rings is 2. The third-order valence-corrected chi connectivity index (χ3v) is 5.32. The van der Waals surface area contributed by atoms with Crippen molar-refractivity contribution in [1.29, 1.82) is 0 Å². The Morgan fingerprint density at radius 1 is 0.969 bits per heavy atom. The van der Waals surface area contributed by atoms with Crippen LogP contribution in [0.2, 0.25) is 0 Å². The van der Waals surface area contributed by atoms with Gasteiger partial charge in [0.2, 0.25) is 0 Å². The maximum absolute atomic E-state index is 13.9. The average Bonchev–Trinajstić information content (AvgIpc) is 3.21. The summed E-state index contributed by atoms with van der Waals surface area (Å²) >= 11 is 0. The topological polar surface area (TPSA) is 74.3 Å². The molecule has 2 N–H and O–H groups in total. The SMILES string of the molecule is O=C(NC1CCN(Cc2ccccc2)C1)c1ncccc1NC(=O)c1c(F)cccc1F. The molecule has 1 aliphatic heterocycles. The third-order valence-electron chi connectivity index (χ3n) is 5.32. The second-order valence-electron chi connectivity index (χ2n) is 7.63. The lowest BCUT2D eigenvalue weighted by molar-refractivity contribution is 0.0933. The monoisotopic (exact) mass is 436 g/mol. The summed E-state index contributed by atoms with van der Waals surface area (Å²) in [5.41, 5.74) is 0.556. The van der Waals surface area contributed by atoms with E-state index in [1.54, 1.807) is 0 Å². The van der Waals surface area contributed by atoms with E-state index in [4.69, 9.17) is 0 Å². The van der Waals surface area contributed by atoms with E-state index in [2.05, 4.69) is 32.7 Å². The van der Waals surface area contributed by atoms with Crippen LogP contribution in [0.1, 0.15) is 32.8 Å². The quantitative estimate of drug-likeness (QED) is 0.619. The number of hydrogen-bond acceptors (Lipinski definition) is 4. The van der Waals surface area contributed by atoms with Crippen LogP contribution < -0.4 is 10.6 Å². The van der Waals surface area contributed by atoms with E-state index < -0.39 is 29.0 Å². The number of likely N-dealkylation sites (tertiary alicyclic amines) is 1. The molecule has 2 aromatic carbocycles. The molecular formula is C24H22F2N4O2. The van der Waals surface area contributed by atoms with Crippen molar-refractivity contribution in [3.05, 3.63) is 95.3 Å². The highest BCUT2D eigenvalue weighted by Crippen LogP contribution is 2.19. The molecule has 0 aliphatic carbocycles. The molecule has 1 saturated heterocycles. The van der Waals surface area contributed by atoms with Crippen molar-refractivity contribution in [3.63, 3.8) is 0 Å². The van der Waals surface area contributed by atoms with Gasteiger partial charge in [0, 0.05) is 31.9 Å². The number of hydrogen-bond donors (Lipinski definition) is 2. The molecule has 164 valence electrons. The van der Waals surface area contributed by atoms with Crippen molar-refractivity contribution in [1.82, 2.24) is 15.2 Å². The summed E-state index contributed by atoms with van der Waals surface area (Å²) in [5, 5.41) is 5.35. The number of nitrogens with one attached hydrogen (secondary N) is 2. The second-order valence-corrected chi connectivity index (χ2v) is 7.63. The van der Waals surface area contributed by atoms with Gasteiger partial charge in [-0.15, -0.1) is 0 Å². The normalized spacial score (nSPS) is 16.0. The highest BCUT2D eigenvalue weighted by atomic mass is 19.1. The zero-order chi connectivity index (χ0) is 22.5. The van der Waals surface area contributed by atoms with Crippen molar-refractivity contribution >= 4 is 17.5 Å². The maximum atomic E-state index is 13.9. The lowest BCUT2D eigenvalue weighted by atomic mass is 10.1. The van der Waals surface area contributed by atoms with Gasteiger partial charge in [-0.05, 0) is 36.2 Å². The summed E-state index contributed by atoms with van der Waals surface area (Å²) in [6.45, 7) is 2.33. The Morgan fingerprint density at radius 2 is 1.72 bits per heavy atom. The molecule has 3 aromatic rings. The fourth-order valence-electron chi connectivity index (χ4n) is 3.78. The fourth-order valence-corrected chi connectivity index (χ4v) is 3.78. The van der Waals surface area contributed by atoms with Crippen LogP contribution >= 0.6 is 0 Å². The van der Waals surface area contributed by atoms with Gasteiger partial charge in [-0.1, -0.05) is 36.4 Å². The number of aromatic nitrogens is 1. The van der Waals surface area contributed by atoms with E-state index >= 15 is 0 Å². The van der Waals surface area contributed by atoms with Crippen LogP contribution in [0.4, 0.5) is 14.5 Å². The van der Waals surface area contributed by atoms with Gasteiger partial charge in [-0.2, -0.15) is 0 Å². The number of nitrogens with zero attached hydrogens (tertiary/aromatic N) is 2. The molecule has 1 unspecified atom stereocenters. The van der Waals surface area contributed by atoms with E-state index in [0.717, 1.165) is 31.6 Å². The van der Waals surface area contributed by atoms with Crippen LogP contribution in [0.15, 0.2) is 66.9 Å². The predicted octanol–water partition coefficient (Wildman–Crippen LogP) is 3.62. The van der Waals surface area contributed by atoms with Crippen molar-refractivity contribution < 1.29 is 18.4 Å². The van der Waals surface area contributed by atoms with Gasteiger partial charge in [0.1, 0.15) is 17.2 Å². The highest BCUT2D eigenvalue weighted by molar-refractivity contribution is 6.08. The van der Waals surface area contributed by atoms with Gasteiger partial charge in [0.05, 0.1) is 5.69 Å². The molecule has 1 aromatic heterocycles. The number of pyridine rings is 1. The van der Waals surface area contributed by atoms with Crippen LogP contribution in [-0.4, -0.2) is 40.8 Å². The molecule has 1 aliphatic rings. The fraction of sp³-hybridized carbons (Fsp3) is 0.208. The van der Waals surface area contributed by atoms with Crippen molar-refractivity contribution in [3.8, 4) is 0 Å². The first kappa shape index (κ1) is 21.6. The van der Waals surface area contributed by atoms with E-state index in [9.17, 15) is 18.4 Å². The Morgan fingerprint density at radius 3 is 2.47 bits per heavy atom. The number of anilines is 1. The summed E-state index contributed by atoms with van der Waals surface area (Å²) in [6.07, 6.45) is 2.21. The lowest BCUT2D eigenvalue weighted by Gasteiger charge is -2.17. The molecule has 0 radical (unpaired) electrons. The Bertz CT molecular complexity index is 1100. The van der Waals surface area contributed by atoms with Crippen LogP contribution in [0.25, 0.3) is 0 Å². The second kappa shape index (κ2) is 9.65. The molecular weight excluding hydrogens is 414 g/mol. The number of rotatable bonds is 6. The van der Waals surface area contributed by atoms with Crippen molar-refractivity contribution in [2.45, 2.75) is 19.0 Å². The molecule has 0 bridgehead atoms. The minimum absolute atomic E-state index is 0.0147. The van der Waals surface area contributed by atoms with Gasteiger partial charge >= 0.3 is 0 Å². The minimum atomic E-state index is -0.988. The smallest absolute Gasteiger partial charge is 0.272 e. The van der Waals surface area contributed by atoms with Crippen molar-refractivity contribution in [2.24, 2.45) is 0 Å². The number of amides is 2. The third kappa shape index (κ3) is 4.97. The maximum Gasteiger partial charge on any atom is 0.272 e. The Hall–Kier alpha value is -3.65. The standard InChI is InChI=1S/C24H22F2N4O2/c25-18-8-4-9-19(26)21(18)23(31)29-20-10-5-12-27-22(20)24(32)28-17-11-13-30(15-17)14-16-6-2-1-3-7-16/h1-10,12,17H,11,13-15H2,(H,28,32)(H,29,31). The summed E-state index contributed by atoms with van der Waals surface area (Å²) in [6, 6.07) is 16.2. The zero-order valence-corrected chi connectivity index (χ0v) is 17.2. The van der Waals surface area contributed by atoms with E-state index in [1.807, 2.05) is 18.2 Å². The van der Waals surface area contributed by atoms with Gasteiger partial charge in [0.15, 0.2) is 5.69 Å². The largest absolute Gasteiger partial charge is 0.347 e.